The molecule has 4 nitrogen and oxygen atoms in total. The maximum absolute atomic E-state index is 12.1. The monoisotopic (exact) mass is 246 g/mol. The Morgan fingerprint density at radius 1 is 1.22 bits per heavy atom. The van der Waals surface area contributed by atoms with Crippen LogP contribution in [0.2, 0.25) is 0 Å². The Morgan fingerprint density at radius 3 is 2.67 bits per heavy atom. The Bertz CT molecular complexity index is 415. The number of nitrogens with one attached hydrogen (secondary N) is 1. The van der Waals surface area contributed by atoms with E-state index in [2.05, 4.69) is 17.6 Å². The number of morpholine rings is 1. The molecule has 4 heteroatoms. The van der Waals surface area contributed by atoms with Gasteiger partial charge in [-0.3, -0.25) is 10.2 Å². The minimum atomic E-state index is 0.148. The van der Waals surface area contributed by atoms with Gasteiger partial charge in [-0.2, -0.15) is 0 Å². The second-order valence-corrected chi connectivity index (χ2v) is 4.93. The van der Waals surface area contributed by atoms with E-state index in [9.17, 15) is 4.79 Å². The minimum absolute atomic E-state index is 0.148. The fourth-order valence-corrected chi connectivity index (χ4v) is 2.47. The lowest BCUT2D eigenvalue weighted by atomic mass is 10.1. The SMILES string of the molecule is O=C(NN1CCOCC1)[C@H]1C[C@H]1c1ccccc1. The topological polar surface area (TPSA) is 41.6 Å². The van der Waals surface area contributed by atoms with E-state index in [4.69, 9.17) is 4.74 Å². The van der Waals surface area contributed by atoms with Gasteiger partial charge in [0.15, 0.2) is 0 Å². The van der Waals surface area contributed by atoms with E-state index in [0.29, 0.717) is 19.1 Å². The largest absolute Gasteiger partial charge is 0.379 e. The van der Waals surface area contributed by atoms with Crippen LogP contribution in [0.1, 0.15) is 17.9 Å². The number of hydrogen-bond donors (Lipinski definition) is 1. The van der Waals surface area contributed by atoms with E-state index in [1.54, 1.807) is 0 Å². The van der Waals surface area contributed by atoms with Gasteiger partial charge in [-0.25, -0.2) is 5.01 Å². The Labute approximate surface area is 107 Å². The summed E-state index contributed by atoms with van der Waals surface area (Å²) in [7, 11) is 0. The third-order valence-corrected chi connectivity index (χ3v) is 3.63. The first kappa shape index (κ1) is 11.7. The van der Waals surface area contributed by atoms with Gasteiger partial charge in [0, 0.05) is 19.0 Å². The number of hydrogen-bond acceptors (Lipinski definition) is 3. The van der Waals surface area contributed by atoms with E-state index in [1.807, 2.05) is 23.2 Å². The Kier molecular flexibility index (Phi) is 3.30. The van der Waals surface area contributed by atoms with Crippen LogP contribution in [0, 0.1) is 5.92 Å². The van der Waals surface area contributed by atoms with Gasteiger partial charge in [-0.1, -0.05) is 30.3 Å². The standard InChI is InChI=1S/C14H18N2O2/c17-14(15-16-6-8-18-9-7-16)13-10-12(13)11-4-2-1-3-5-11/h1-5,12-13H,6-10H2,(H,15,17)/t12-,13-/m0/s1. The lowest BCUT2D eigenvalue weighted by Gasteiger charge is -2.27. The van der Waals surface area contributed by atoms with Gasteiger partial charge in [-0.15, -0.1) is 0 Å². The smallest absolute Gasteiger partial charge is 0.238 e. The molecule has 1 N–H and O–H groups in total. The van der Waals surface area contributed by atoms with Crippen LogP contribution in [-0.4, -0.2) is 37.2 Å². The summed E-state index contributed by atoms with van der Waals surface area (Å²) >= 11 is 0. The second kappa shape index (κ2) is 5.08. The van der Waals surface area contributed by atoms with Gasteiger partial charge >= 0.3 is 0 Å². The molecular weight excluding hydrogens is 228 g/mol. The molecule has 0 aromatic heterocycles. The summed E-state index contributed by atoms with van der Waals surface area (Å²) < 4.78 is 5.25. The first-order valence-corrected chi connectivity index (χ1v) is 6.53. The predicted molar refractivity (Wildman–Crippen MR) is 67.8 cm³/mol. The van der Waals surface area contributed by atoms with Gasteiger partial charge < -0.3 is 4.74 Å². The van der Waals surface area contributed by atoms with Crippen LogP contribution in [0.3, 0.4) is 0 Å². The van der Waals surface area contributed by atoms with Crippen LogP contribution in [0.15, 0.2) is 30.3 Å². The van der Waals surface area contributed by atoms with Crippen molar-refractivity contribution in [2.24, 2.45) is 5.92 Å². The van der Waals surface area contributed by atoms with Gasteiger partial charge in [-0.05, 0) is 17.9 Å². The molecule has 1 heterocycles. The lowest BCUT2D eigenvalue weighted by molar-refractivity contribution is -0.129. The maximum Gasteiger partial charge on any atom is 0.238 e. The number of hydrazine groups is 1. The van der Waals surface area contributed by atoms with Crippen LogP contribution in [0.25, 0.3) is 0 Å². The minimum Gasteiger partial charge on any atom is -0.379 e. The highest BCUT2D eigenvalue weighted by Crippen LogP contribution is 2.47. The number of amides is 1. The molecule has 3 rings (SSSR count). The average Bonchev–Trinajstić information content (AvgIpc) is 3.21. The van der Waals surface area contributed by atoms with E-state index in [-0.39, 0.29) is 11.8 Å². The molecule has 1 aliphatic heterocycles. The summed E-state index contributed by atoms with van der Waals surface area (Å²) in [4.78, 5) is 12.1. The summed E-state index contributed by atoms with van der Waals surface area (Å²) in [5.41, 5.74) is 4.27. The zero-order valence-electron chi connectivity index (χ0n) is 10.3. The highest BCUT2D eigenvalue weighted by molar-refractivity contribution is 5.82. The van der Waals surface area contributed by atoms with Crippen molar-refractivity contribution < 1.29 is 9.53 Å². The molecule has 1 aromatic carbocycles. The number of carbonyl (C=O) groups is 1. The maximum atomic E-state index is 12.1. The first-order valence-electron chi connectivity index (χ1n) is 6.53. The van der Waals surface area contributed by atoms with E-state index < -0.39 is 0 Å². The second-order valence-electron chi connectivity index (χ2n) is 4.93. The van der Waals surface area contributed by atoms with Gasteiger partial charge in [0.1, 0.15) is 0 Å². The number of carbonyl (C=O) groups excluding carboxylic acids is 1. The highest BCUT2D eigenvalue weighted by atomic mass is 16.5. The summed E-state index contributed by atoms with van der Waals surface area (Å²) in [5, 5.41) is 1.96. The van der Waals surface area contributed by atoms with Crippen LogP contribution in [0.4, 0.5) is 0 Å². The Balaban J connectivity index is 1.53. The molecule has 96 valence electrons. The number of rotatable bonds is 3. The van der Waals surface area contributed by atoms with Crippen molar-refractivity contribution in [2.45, 2.75) is 12.3 Å². The molecule has 2 aliphatic rings. The summed E-state index contributed by atoms with van der Waals surface area (Å²) in [6.45, 7) is 2.98. The number of ether oxygens (including phenoxy) is 1. The zero-order valence-corrected chi connectivity index (χ0v) is 10.3. The Morgan fingerprint density at radius 2 is 1.94 bits per heavy atom. The van der Waals surface area contributed by atoms with E-state index >= 15 is 0 Å². The van der Waals surface area contributed by atoms with Gasteiger partial charge in [0.2, 0.25) is 5.91 Å². The van der Waals surface area contributed by atoms with Crippen LogP contribution < -0.4 is 5.43 Å². The van der Waals surface area contributed by atoms with Crippen molar-refractivity contribution in [1.29, 1.82) is 0 Å². The van der Waals surface area contributed by atoms with Gasteiger partial charge in [0.25, 0.3) is 0 Å². The van der Waals surface area contributed by atoms with Crippen LogP contribution >= 0.6 is 0 Å². The average molecular weight is 246 g/mol. The molecule has 2 fully saturated rings. The molecule has 1 amide bonds. The molecule has 0 unspecified atom stereocenters. The van der Waals surface area contributed by atoms with Crippen molar-refractivity contribution >= 4 is 5.91 Å². The van der Waals surface area contributed by atoms with Crippen LogP contribution in [0.5, 0.6) is 0 Å². The molecule has 1 saturated carbocycles. The molecule has 2 atom stereocenters. The normalized spacial score (nSPS) is 27.8. The number of benzene rings is 1. The van der Waals surface area contributed by atoms with E-state index in [1.165, 1.54) is 5.56 Å². The van der Waals surface area contributed by atoms with Crippen molar-refractivity contribution in [2.75, 3.05) is 26.3 Å². The van der Waals surface area contributed by atoms with Crippen LogP contribution in [-0.2, 0) is 9.53 Å². The van der Waals surface area contributed by atoms with Gasteiger partial charge in [0.05, 0.1) is 13.2 Å². The molecule has 1 aliphatic carbocycles. The highest BCUT2D eigenvalue weighted by Gasteiger charge is 2.44. The summed E-state index contributed by atoms with van der Waals surface area (Å²) in [6, 6.07) is 10.3. The first-order chi connectivity index (χ1) is 8.84. The number of nitrogens with zero attached hydrogens (tertiary/aromatic N) is 1. The van der Waals surface area contributed by atoms with Crippen molar-refractivity contribution in [1.82, 2.24) is 10.4 Å². The summed E-state index contributed by atoms with van der Waals surface area (Å²) in [5.74, 6) is 0.716. The fraction of sp³-hybridized carbons (Fsp3) is 0.500. The molecular formula is C14H18N2O2. The third-order valence-electron chi connectivity index (χ3n) is 3.63. The third kappa shape index (κ3) is 2.54. The molecule has 0 bridgehead atoms. The summed E-state index contributed by atoms with van der Waals surface area (Å²) in [6.07, 6.45) is 0.972. The molecule has 1 saturated heterocycles. The quantitative estimate of drug-likeness (QED) is 0.870. The van der Waals surface area contributed by atoms with Crippen molar-refractivity contribution in [3.05, 3.63) is 35.9 Å². The molecule has 1 aromatic rings. The van der Waals surface area contributed by atoms with Crippen molar-refractivity contribution in [3.63, 3.8) is 0 Å². The Hall–Kier alpha value is -1.39. The lowest BCUT2D eigenvalue weighted by Crippen LogP contribution is -2.49. The zero-order chi connectivity index (χ0) is 12.4. The van der Waals surface area contributed by atoms with Crippen molar-refractivity contribution in [3.8, 4) is 0 Å². The van der Waals surface area contributed by atoms with E-state index in [0.717, 1.165) is 19.5 Å². The molecule has 0 spiro atoms. The molecule has 18 heavy (non-hydrogen) atoms. The predicted octanol–water partition coefficient (Wildman–Crippen LogP) is 1.15. The fourth-order valence-electron chi connectivity index (χ4n) is 2.47. The molecule has 0 radical (unpaired) electrons.